The van der Waals surface area contributed by atoms with Crippen LogP contribution < -0.4 is 0 Å². The fourth-order valence-corrected chi connectivity index (χ4v) is 1.43. The van der Waals surface area contributed by atoms with Crippen LogP contribution in [0.1, 0.15) is 19.2 Å². The molecule has 6 heteroatoms. The summed E-state index contributed by atoms with van der Waals surface area (Å²) in [5.41, 5.74) is 0. The van der Waals surface area contributed by atoms with Crippen LogP contribution in [0.15, 0.2) is 6.33 Å². The molecule has 0 atom stereocenters. The predicted octanol–water partition coefficient (Wildman–Crippen LogP) is 0.200. The summed E-state index contributed by atoms with van der Waals surface area (Å²) >= 11 is 0. The summed E-state index contributed by atoms with van der Waals surface area (Å²) in [5.74, 6) is 0.618. The van der Waals surface area contributed by atoms with Gasteiger partial charge in [-0.25, -0.2) is 0 Å². The Balaban J connectivity index is 2.57. The molecule has 0 radical (unpaired) electrons. The second-order valence-corrected chi connectivity index (χ2v) is 3.64. The van der Waals surface area contributed by atoms with Crippen molar-refractivity contribution in [2.45, 2.75) is 19.9 Å². The van der Waals surface area contributed by atoms with E-state index in [9.17, 15) is 4.79 Å². The monoisotopic (exact) mass is 226 g/mol. The molecule has 16 heavy (non-hydrogen) atoms. The van der Waals surface area contributed by atoms with Crippen LogP contribution in [-0.4, -0.2) is 45.8 Å². The largest absolute Gasteiger partial charge is 0.468 e. The topological polar surface area (TPSA) is 60.3 Å². The Morgan fingerprint density at radius 2 is 2.38 bits per heavy atom. The molecule has 0 aliphatic carbocycles. The second-order valence-electron chi connectivity index (χ2n) is 3.64. The number of methoxy groups -OCH3 is 1. The number of aryl methyl sites for hydroxylation is 1. The van der Waals surface area contributed by atoms with Crippen molar-refractivity contribution >= 4 is 5.97 Å². The molecule has 0 aliphatic heterocycles. The molecule has 6 nitrogen and oxygen atoms in total. The van der Waals surface area contributed by atoms with Gasteiger partial charge in [0.05, 0.1) is 20.2 Å². The Bertz CT molecular complexity index is 337. The first-order chi connectivity index (χ1) is 7.67. The van der Waals surface area contributed by atoms with E-state index in [1.807, 2.05) is 16.5 Å². The summed E-state index contributed by atoms with van der Waals surface area (Å²) in [6.07, 6.45) is 2.63. The highest BCUT2D eigenvalue weighted by atomic mass is 16.5. The Morgan fingerprint density at radius 3 is 2.88 bits per heavy atom. The SMILES string of the molecule is CCCN(CC(=O)OC)Cc1nncn1C. The van der Waals surface area contributed by atoms with Crippen LogP contribution in [0.2, 0.25) is 0 Å². The second kappa shape index (κ2) is 6.22. The van der Waals surface area contributed by atoms with Crippen LogP contribution in [0.3, 0.4) is 0 Å². The molecule has 0 aromatic carbocycles. The Morgan fingerprint density at radius 1 is 1.62 bits per heavy atom. The highest BCUT2D eigenvalue weighted by Crippen LogP contribution is 2.01. The molecular formula is C10H18N4O2. The number of esters is 1. The maximum Gasteiger partial charge on any atom is 0.319 e. The van der Waals surface area contributed by atoms with Gasteiger partial charge in [-0.05, 0) is 13.0 Å². The third-order valence-corrected chi connectivity index (χ3v) is 2.29. The summed E-state index contributed by atoms with van der Waals surface area (Å²) in [7, 11) is 3.28. The molecule has 1 heterocycles. The average Bonchev–Trinajstić information content (AvgIpc) is 2.64. The van der Waals surface area contributed by atoms with Gasteiger partial charge >= 0.3 is 5.97 Å². The van der Waals surface area contributed by atoms with E-state index in [1.54, 1.807) is 6.33 Å². The number of ether oxygens (including phenoxy) is 1. The maximum atomic E-state index is 11.2. The molecule has 90 valence electrons. The molecule has 0 saturated carbocycles. The van der Waals surface area contributed by atoms with Gasteiger partial charge in [0.1, 0.15) is 12.2 Å². The van der Waals surface area contributed by atoms with Crippen molar-refractivity contribution in [3.8, 4) is 0 Å². The van der Waals surface area contributed by atoms with Crippen molar-refractivity contribution in [3.63, 3.8) is 0 Å². The van der Waals surface area contributed by atoms with E-state index in [2.05, 4.69) is 21.9 Å². The van der Waals surface area contributed by atoms with Crippen molar-refractivity contribution in [1.29, 1.82) is 0 Å². The van der Waals surface area contributed by atoms with Crippen molar-refractivity contribution < 1.29 is 9.53 Å². The molecule has 0 bridgehead atoms. The quantitative estimate of drug-likeness (QED) is 0.648. The number of carbonyl (C=O) groups excluding carboxylic acids is 1. The zero-order valence-corrected chi connectivity index (χ0v) is 10.0. The van der Waals surface area contributed by atoms with Crippen LogP contribution in [0.4, 0.5) is 0 Å². The summed E-state index contributed by atoms with van der Waals surface area (Å²) in [6.45, 7) is 3.81. The molecule has 0 spiro atoms. The zero-order chi connectivity index (χ0) is 12.0. The Kier molecular flexibility index (Phi) is 4.91. The van der Waals surface area contributed by atoms with Crippen molar-refractivity contribution in [2.75, 3.05) is 20.2 Å². The normalized spacial score (nSPS) is 10.8. The highest BCUT2D eigenvalue weighted by Gasteiger charge is 2.13. The molecule has 0 N–H and O–H groups in total. The van der Waals surface area contributed by atoms with Crippen LogP contribution in [0.25, 0.3) is 0 Å². The number of carbonyl (C=O) groups is 1. The lowest BCUT2D eigenvalue weighted by atomic mass is 10.4. The van der Waals surface area contributed by atoms with Crippen molar-refractivity contribution in [2.24, 2.45) is 7.05 Å². The van der Waals surface area contributed by atoms with E-state index in [4.69, 9.17) is 0 Å². The van der Waals surface area contributed by atoms with E-state index >= 15 is 0 Å². The molecule has 0 amide bonds. The van der Waals surface area contributed by atoms with Gasteiger partial charge < -0.3 is 9.30 Å². The molecule has 1 aromatic rings. The third-order valence-electron chi connectivity index (χ3n) is 2.29. The molecular weight excluding hydrogens is 208 g/mol. The average molecular weight is 226 g/mol. The Labute approximate surface area is 95.2 Å². The van der Waals surface area contributed by atoms with Crippen LogP contribution in [-0.2, 0) is 23.1 Å². The number of hydrogen-bond donors (Lipinski definition) is 0. The maximum absolute atomic E-state index is 11.2. The Hall–Kier alpha value is -1.43. The number of hydrogen-bond acceptors (Lipinski definition) is 5. The summed E-state index contributed by atoms with van der Waals surface area (Å²) < 4.78 is 6.50. The lowest BCUT2D eigenvalue weighted by Gasteiger charge is -2.19. The minimum absolute atomic E-state index is 0.226. The predicted molar refractivity (Wildman–Crippen MR) is 58.6 cm³/mol. The number of rotatable bonds is 6. The van der Waals surface area contributed by atoms with Crippen LogP contribution >= 0.6 is 0 Å². The molecule has 0 aliphatic rings. The van der Waals surface area contributed by atoms with Gasteiger partial charge in [-0.3, -0.25) is 9.69 Å². The van der Waals surface area contributed by atoms with Gasteiger partial charge in [0, 0.05) is 7.05 Å². The van der Waals surface area contributed by atoms with E-state index < -0.39 is 0 Å². The highest BCUT2D eigenvalue weighted by molar-refractivity contribution is 5.71. The summed E-state index contributed by atoms with van der Waals surface area (Å²) in [4.78, 5) is 13.2. The van der Waals surface area contributed by atoms with E-state index in [-0.39, 0.29) is 12.5 Å². The van der Waals surface area contributed by atoms with Gasteiger partial charge in [0.25, 0.3) is 0 Å². The molecule has 0 saturated heterocycles. The molecule has 1 rings (SSSR count). The standard InChI is InChI=1S/C10H18N4O2/c1-4-5-14(7-10(15)16-3)6-9-12-11-8-13(9)2/h8H,4-7H2,1-3H3. The van der Waals surface area contributed by atoms with Crippen LogP contribution in [0.5, 0.6) is 0 Å². The van der Waals surface area contributed by atoms with Crippen molar-refractivity contribution in [1.82, 2.24) is 19.7 Å². The molecule has 0 unspecified atom stereocenters. The minimum atomic E-state index is -0.226. The smallest absolute Gasteiger partial charge is 0.319 e. The molecule has 0 fully saturated rings. The fraction of sp³-hybridized carbons (Fsp3) is 0.700. The third kappa shape index (κ3) is 3.62. The van der Waals surface area contributed by atoms with Gasteiger partial charge in [-0.15, -0.1) is 10.2 Å². The lowest BCUT2D eigenvalue weighted by molar-refractivity contribution is -0.142. The van der Waals surface area contributed by atoms with Gasteiger partial charge in [0.15, 0.2) is 0 Å². The van der Waals surface area contributed by atoms with Gasteiger partial charge in [-0.2, -0.15) is 0 Å². The summed E-state index contributed by atoms with van der Waals surface area (Å²) in [6, 6.07) is 0. The van der Waals surface area contributed by atoms with E-state index in [0.29, 0.717) is 6.54 Å². The first-order valence-electron chi connectivity index (χ1n) is 5.29. The van der Waals surface area contributed by atoms with E-state index in [1.165, 1.54) is 7.11 Å². The van der Waals surface area contributed by atoms with Gasteiger partial charge in [0.2, 0.25) is 0 Å². The first-order valence-corrected chi connectivity index (χ1v) is 5.29. The van der Waals surface area contributed by atoms with E-state index in [0.717, 1.165) is 18.8 Å². The number of aromatic nitrogens is 3. The fourth-order valence-electron chi connectivity index (χ4n) is 1.43. The number of nitrogens with zero attached hydrogens (tertiary/aromatic N) is 4. The zero-order valence-electron chi connectivity index (χ0n) is 10.0. The first kappa shape index (κ1) is 12.6. The molecule has 1 aromatic heterocycles. The van der Waals surface area contributed by atoms with Gasteiger partial charge in [-0.1, -0.05) is 6.92 Å². The van der Waals surface area contributed by atoms with Crippen LogP contribution in [0, 0.1) is 0 Å². The minimum Gasteiger partial charge on any atom is -0.468 e. The summed E-state index contributed by atoms with van der Waals surface area (Å²) in [5, 5.41) is 7.79. The lowest BCUT2D eigenvalue weighted by Crippen LogP contribution is -2.31. The van der Waals surface area contributed by atoms with Crippen molar-refractivity contribution in [3.05, 3.63) is 12.2 Å².